The Kier molecular flexibility index (Phi) is 1.37. The lowest BCUT2D eigenvalue weighted by Gasteiger charge is -2.22. The second-order valence-electron chi connectivity index (χ2n) is 1.52. The monoisotopic (exact) mass is 103 g/mol. The predicted octanol–water partition coefficient (Wildman–Crippen LogP) is 0.451. The van der Waals surface area contributed by atoms with Crippen molar-refractivity contribution >= 4 is 11.8 Å². The third-order valence-corrected chi connectivity index (χ3v) is 2.43. The molecule has 1 atom stereocenters. The Morgan fingerprint density at radius 2 is 2.50 bits per heavy atom. The van der Waals surface area contributed by atoms with Crippen LogP contribution in [0, 0.1) is 0 Å². The van der Waals surface area contributed by atoms with E-state index in [1.165, 1.54) is 12.2 Å². The predicted molar refractivity (Wildman–Crippen MR) is 29.9 cm³/mol. The zero-order chi connectivity index (χ0) is 4.41. The smallest absolute Gasteiger partial charge is 0.0178 e. The molecule has 0 aromatic rings. The van der Waals surface area contributed by atoms with E-state index in [0.717, 1.165) is 11.8 Å². The largest absolute Gasteiger partial charge is 0.329 e. The lowest BCUT2D eigenvalue weighted by atomic mass is 10.3. The van der Waals surface area contributed by atoms with Gasteiger partial charge < -0.3 is 5.73 Å². The minimum atomic E-state index is 0.810. The van der Waals surface area contributed by atoms with Gasteiger partial charge in [-0.1, -0.05) is 0 Å². The molecule has 0 radical (unpaired) electrons. The molecule has 0 spiro atoms. The Labute approximate surface area is 42.3 Å². The van der Waals surface area contributed by atoms with E-state index in [-0.39, 0.29) is 0 Å². The summed E-state index contributed by atoms with van der Waals surface area (Å²) in [4.78, 5) is 0. The van der Waals surface area contributed by atoms with Gasteiger partial charge in [0, 0.05) is 11.8 Å². The summed E-state index contributed by atoms with van der Waals surface area (Å²) < 4.78 is 0. The zero-order valence-corrected chi connectivity index (χ0v) is 4.50. The second-order valence-corrected chi connectivity index (χ2v) is 2.93. The van der Waals surface area contributed by atoms with E-state index in [4.69, 9.17) is 5.73 Å². The van der Waals surface area contributed by atoms with Crippen molar-refractivity contribution in [3.63, 3.8) is 0 Å². The normalized spacial score (nSPS) is 32.5. The van der Waals surface area contributed by atoms with Crippen molar-refractivity contribution in [3.05, 3.63) is 0 Å². The highest BCUT2D eigenvalue weighted by Crippen LogP contribution is 2.25. The van der Waals surface area contributed by atoms with Gasteiger partial charge in [0.1, 0.15) is 0 Å². The minimum Gasteiger partial charge on any atom is -0.329 e. The van der Waals surface area contributed by atoms with Gasteiger partial charge in [0.05, 0.1) is 0 Å². The molecule has 1 fully saturated rings. The van der Waals surface area contributed by atoms with Crippen molar-refractivity contribution in [3.8, 4) is 0 Å². The lowest BCUT2D eigenvalue weighted by molar-refractivity contribution is 0.790. The molecule has 1 nitrogen and oxygen atoms in total. The average Bonchev–Trinajstić information content (AvgIpc) is 1.31. The number of hydrogen-bond acceptors (Lipinski definition) is 2. The molecule has 0 aromatic heterocycles. The van der Waals surface area contributed by atoms with Crippen LogP contribution in [0.3, 0.4) is 0 Å². The molecule has 0 aliphatic carbocycles. The third kappa shape index (κ3) is 0.684. The first-order valence-electron chi connectivity index (χ1n) is 2.25. The van der Waals surface area contributed by atoms with Crippen LogP contribution in [0.15, 0.2) is 0 Å². The fourth-order valence-corrected chi connectivity index (χ4v) is 1.18. The van der Waals surface area contributed by atoms with Gasteiger partial charge in [0.2, 0.25) is 0 Å². The number of rotatable bonds is 1. The van der Waals surface area contributed by atoms with Gasteiger partial charge in [-0.3, -0.25) is 0 Å². The van der Waals surface area contributed by atoms with Crippen LogP contribution in [0.25, 0.3) is 0 Å². The Bertz CT molecular complexity index is 40.1. The maximum atomic E-state index is 5.31. The third-order valence-electron chi connectivity index (χ3n) is 1.06. The summed E-state index contributed by atoms with van der Waals surface area (Å²) in [7, 11) is 0. The first-order valence-corrected chi connectivity index (χ1v) is 3.30. The SMILES string of the molecule is NC[C@@H]1CCS1. The lowest BCUT2D eigenvalue weighted by Crippen LogP contribution is -2.24. The van der Waals surface area contributed by atoms with Crippen LogP contribution in [-0.4, -0.2) is 17.5 Å². The van der Waals surface area contributed by atoms with Crippen LogP contribution in [0.4, 0.5) is 0 Å². The Morgan fingerprint density at radius 1 is 1.83 bits per heavy atom. The molecule has 36 valence electrons. The van der Waals surface area contributed by atoms with Gasteiger partial charge >= 0.3 is 0 Å². The van der Waals surface area contributed by atoms with Crippen LogP contribution in [0.2, 0.25) is 0 Å². The van der Waals surface area contributed by atoms with Crippen molar-refractivity contribution in [2.75, 3.05) is 12.3 Å². The van der Waals surface area contributed by atoms with Crippen molar-refractivity contribution in [1.82, 2.24) is 0 Å². The summed E-state index contributed by atoms with van der Waals surface area (Å²) in [5.74, 6) is 1.34. The minimum absolute atomic E-state index is 0.810. The van der Waals surface area contributed by atoms with Gasteiger partial charge in [-0.15, -0.1) is 0 Å². The van der Waals surface area contributed by atoms with E-state index in [2.05, 4.69) is 0 Å². The van der Waals surface area contributed by atoms with E-state index in [0.29, 0.717) is 0 Å². The standard InChI is InChI=1S/C4H9NS/c5-3-4-1-2-6-4/h4H,1-3,5H2/t4-/m0/s1. The quantitative estimate of drug-likeness (QED) is 0.521. The molecule has 1 aliphatic rings. The summed E-state index contributed by atoms with van der Waals surface area (Å²) in [5.41, 5.74) is 5.31. The van der Waals surface area contributed by atoms with Crippen molar-refractivity contribution in [2.45, 2.75) is 11.7 Å². The highest BCUT2D eigenvalue weighted by Gasteiger charge is 2.14. The van der Waals surface area contributed by atoms with E-state index < -0.39 is 0 Å². The van der Waals surface area contributed by atoms with E-state index >= 15 is 0 Å². The van der Waals surface area contributed by atoms with Crippen molar-refractivity contribution < 1.29 is 0 Å². The number of hydrogen-bond donors (Lipinski definition) is 1. The highest BCUT2D eigenvalue weighted by molar-refractivity contribution is 8.01. The Hall–Kier alpha value is 0.310. The van der Waals surface area contributed by atoms with Crippen LogP contribution in [0.5, 0.6) is 0 Å². The maximum absolute atomic E-state index is 5.31. The fraction of sp³-hybridized carbons (Fsp3) is 1.00. The average molecular weight is 103 g/mol. The van der Waals surface area contributed by atoms with E-state index in [9.17, 15) is 0 Å². The molecule has 0 amide bonds. The molecular weight excluding hydrogens is 94.1 g/mol. The highest BCUT2D eigenvalue weighted by atomic mass is 32.2. The molecule has 0 bridgehead atoms. The van der Waals surface area contributed by atoms with Crippen LogP contribution in [0.1, 0.15) is 6.42 Å². The summed E-state index contributed by atoms with van der Waals surface area (Å²) in [6.45, 7) is 0.880. The number of nitrogens with two attached hydrogens (primary N) is 1. The van der Waals surface area contributed by atoms with Crippen LogP contribution in [-0.2, 0) is 0 Å². The second kappa shape index (κ2) is 1.85. The maximum Gasteiger partial charge on any atom is 0.0178 e. The van der Waals surface area contributed by atoms with Crippen molar-refractivity contribution in [1.29, 1.82) is 0 Å². The Morgan fingerprint density at radius 3 is 2.50 bits per heavy atom. The van der Waals surface area contributed by atoms with Crippen LogP contribution < -0.4 is 5.73 Å². The molecule has 2 heteroatoms. The van der Waals surface area contributed by atoms with E-state index in [1.807, 2.05) is 11.8 Å². The summed E-state index contributed by atoms with van der Waals surface area (Å²) in [6, 6.07) is 0. The number of thioether (sulfide) groups is 1. The zero-order valence-electron chi connectivity index (χ0n) is 3.68. The fourth-order valence-electron chi connectivity index (χ4n) is 0.470. The van der Waals surface area contributed by atoms with Gasteiger partial charge in [-0.25, -0.2) is 0 Å². The first kappa shape index (κ1) is 4.47. The van der Waals surface area contributed by atoms with Crippen LogP contribution >= 0.6 is 11.8 Å². The van der Waals surface area contributed by atoms with E-state index in [1.54, 1.807) is 0 Å². The first-order chi connectivity index (χ1) is 2.93. The summed E-state index contributed by atoms with van der Waals surface area (Å²) in [5, 5.41) is 0.810. The van der Waals surface area contributed by atoms with Gasteiger partial charge in [-0.05, 0) is 12.2 Å². The van der Waals surface area contributed by atoms with Crippen molar-refractivity contribution in [2.24, 2.45) is 5.73 Å². The molecule has 0 aromatic carbocycles. The molecule has 1 aliphatic heterocycles. The topological polar surface area (TPSA) is 26.0 Å². The molecule has 0 saturated carbocycles. The molecule has 0 unspecified atom stereocenters. The molecule has 1 saturated heterocycles. The van der Waals surface area contributed by atoms with Gasteiger partial charge in [0.15, 0.2) is 0 Å². The molecule has 6 heavy (non-hydrogen) atoms. The molecule has 1 rings (SSSR count). The molecular formula is C4H9NS. The molecule has 2 N–H and O–H groups in total. The molecule has 1 heterocycles. The summed E-state index contributed by atoms with van der Waals surface area (Å²) in [6.07, 6.45) is 1.35. The van der Waals surface area contributed by atoms with Gasteiger partial charge in [0.25, 0.3) is 0 Å². The summed E-state index contributed by atoms with van der Waals surface area (Å²) >= 11 is 1.98. The Balaban J connectivity index is 2.01. The van der Waals surface area contributed by atoms with Gasteiger partial charge in [-0.2, -0.15) is 11.8 Å².